The lowest BCUT2D eigenvalue weighted by atomic mass is 10.1. The van der Waals surface area contributed by atoms with E-state index in [-0.39, 0.29) is 5.91 Å². The summed E-state index contributed by atoms with van der Waals surface area (Å²) in [5, 5.41) is 3.47. The topological polar surface area (TPSA) is 67.9 Å². The molecule has 2 aromatic carbocycles. The van der Waals surface area contributed by atoms with E-state index < -0.39 is 12.2 Å². The number of amides is 2. The minimum Gasteiger partial charge on any atom is -0.480 e. The maximum Gasteiger partial charge on any atom is 0.414 e. The number of hydrogen-bond donors (Lipinski definition) is 1. The average Bonchev–Trinajstić information content (AvgIpc) is 3.21. The molecule has 2 aliphatic rings. The highest BCUT2D eigenvalue weighted by Crippen LogP contribution is 2.33. The molecule has 0 spiro atoms. The number of benzene rings is 2. The van der Waals surface area contributed by atoms with E-state index in [1.165, 1.54) is 4.90 Å². The number of hydrogen-bond acceptors (Lipinski definition) is 4. The molecule has 2 amide bonds. The Balaban J connectivity index is 1.52. The second kappa shape index (κ2) is 6.29. The molecule has 25 heavy (non-hydrogen) atoms. The van der Waals surface area contributed by atoms with E-state index >= 15 is 0 Å². The predicted molar refractivity (Wildman–Crippen MR) is 93.3 cm³/mol. The zero-order valence-electron chi connectivity index (χ0n) is 13.2. The van der Waals surface area contributed by atoms with Gasteiger partial charge in [-0.1, -0.05) is 23.7 Å². The molecule has 0 bridgehead atoms. The first-order valence-electron chi connectivity index (χ1n) is 7.91. The summed E-state index contributed by atoms with van der Waals surface area (Å²) in [6.07, 6.45) is -0.594. The van der Waals surface area contributed by atoms with Gasteiger partial charge in [0.05, 0.1) is 17.9 Å². The Morgan fingerprint density at radius 3 is 2.88 bits per heavy atom. The van der Waals surface area contributed by atoms with Crippen molar-refractivity contribution in [2.45, 2.75) is 12.5 Å². The Morgan fingerprint density at radius 1 is 1.24 bits per heavy atom. The van der Waals surface area contributed by atoms with Gasteiger partial charge < -0.3 is 14.8 Å². The van der Waals surface area contributed by atoms with Gasteiger partial charge in [0.15, 0.2) is 6.10 Å². The summed E-state index contributed by atoms with van der Waals surface area (Å²) in [4.78, 5) is 25.9. The van der Waals surface area contributed by atoms with Gasteiger partial charge in [0.2, 0.25) is 0 Å². The molecule has 1 saturated heterocycles. The number of carbonyl (C=O) groups is 2. The number of para-hydroxylation sites is 2. The number of fused-ring (bicyclic) bond motifs is 1. The quantitative estimate of drug-likeness (QED) is 0.914. The van der Waals surface area contributed by atoms with Crippen molar-refractivity contribution < 1.29 is 19.1 Å². The summed E-state index contributed by atoms with van der Waals surface area (Å²) in [6.45, 7) is 0.790. The summed E-state index contributed by atoms with van der Waals surface area (Å²) >= 11 is 5.98. The highest BCUT2D eigenvalue weighted by Gasteiger charge is 2.31. The highest BCUT2D eigenvalue weighted by molar-refractivity contribution is 6.30. The lowest BCUT2D eigenvalue weighted by molar-refractivity contribution is -0.122. The van der Waals surface area contributed by atoms with Crippen molar-refractivity contribution in [1.82, 2.24) is 0 Å². The van der Waals surface area contributed by atoms with E-state index in [0.717, 1.165) is 5.56 Å². The van der Waals surface area contributed by atoms with Crippen LogP contribution >= 0.6 is 11.6 Å². The Labute approximate surface area is 149 Å². The largest absolute Gasteiger partial charge is 0.480 e. The molecule has 0 radical (unpaired) electrons. The van der Waals surface area contributed by atoms with Crippen molar-refractivity contribution in [3.05, 3.63) is 53.1 Å². The van der Waals surface area contributed by atoms with Crippen molar-refractivity contribution in [2.75, 3.05) is 23.4 Å². The van der Waals surface area contributed by atoms with Crippen LogP contribution in [0.2, 0.25) is 5.02 Å². The van der Waals surface area contributed by atoms with E-state index in [1.54, 1.807) is 42.5 Å². The van der Waals surface area contributed by atoms with Gasteiger partial charge in [0.1, 0.15) is 12.4 Å². The van der Waals surface area contributed by atoms with Crippen LogP contribution in [0.15, 0.2) is 42.5 Å². The van der Waals surface area contributed by atoms with Gasteiger partial charge in [0, 0.05) is 11.4 Å². The Hall–Kier alpha value is -2.73. The van der Waals surface area contributed by atoms with Crippen LogP contribution in [0.4, 0.5) is 16.2 Å². The fourth-order valence-corrected chi connectivity index (χ4v) is 3.20. The predicted octanol–water partition coefficient (Wildman–Crippen LogP) is 3.24. The molecule has 0 unspecified atom stereocenters. The summed E-state index contributed by atoms with van der Waals surface area (Å²) < 4.78 is 10.7. The first kappa shape index (κ1) is 15.8. The van der Waals surface area contributed by atoms with Gasteiger partial charge in [-0.3, -0.25) is 9.69 Å². The fraction of sp³-hybridized carbons (Fsp3) is 0.222. The van der Waals surface area contributed by atoms with Crippen molar-refractivity contribution in [1.29, 1.82) is 0 Å². The van der Waals surface area contributed by atoms with Crippen LogP contribution in [0.5, 0.6) is 5.75 Å². The van der Waals surface area contributed by atoms with Gasteiger partial charge in [-0.05, 0) is 35.9 Å². The average molecular weight is 359 g/mol. The molecule has 0 aliphatic carbocycles. The highest BCUT2D eigenvalue weighted by atomic mass is 35.5. The number of anilines is 2. The molecular formula is C18H15ClN2O4. The molecule has 2 heterocycles. The number of nitrogens with zero attached hydrogens (tertiary/aromatic N) is 1. The van der Waals surface area contributed by atoms with E-state index in [9.17, 15) is 9.59 Å². The number of rotatable bonds is 3. The molecule has 2 aromatic rings. The van der Waals surface area contributed by atoms with Gasteiger partial charge in [0.25, 0.3) is 5.91 Å². The Kier molecular flexibility index (Phi) is 3.97. The van der Waals surface area contributed by atoms with Crippen molar-refractivity contribution in [3.8, 4) is 5.75 Å². The van der Waals surface area contributed by atoms with Gasteiger partial charge in [-0.2, -0.15) is 0 Å². The van der Waals surface area contributed by atoms with E-state index in [2.05, 4.69) is 5.32 Å². The molecule has 6 nitrogen and oxygen atoms in total. The molecule has 1 N–H and O–H groups in total. The minimum absolute atomic E-state index is 0.271. The number of halogens is 1. The van der Waals surface area contributed by atoms with Gasteiger partial charge >= 0.3 is 6.09 Å². The van der Waals surface area contributed by atoms with Crippen LogP contribution in [0.25, 0.3) is 0 Å². The molecule has 4 rings (SSSR count). The zero-order chi connectivity index (χ0) is 17.4. The molecule has 2 aliphatic heterocycles. The minimum atomic E-state index is -0.632. The second-order valence-electron chi connectivity index (χ2n) is 5.84. The summed E-state index contributed by atoms with van der Waals surface area (Å²) in [7, 11) is 0. The maximum absolute atomic E-state index is 12.6. The maximum atomic E-state index is 12.6. The number of nitrogens with one attached hydrogen (secondary N) is 1. The summed E-state index contributed by atoms with van der Waals surface area (Å²) in [5.74, 6) is 0.397. The molecule has 0 saturated carbocycles. The van der Waals surface area contributed by atoms with Crippen LogP contribution in [-0.2, 0) is 16.0 Å². The lowest BCUT2D eigenvalue weighted by Crippen LogP contribution is -2.32. The zero-order valence-corrected chi connectivity index (χ0v) is 14.0. The normalized spacial score (nSPS) is 18.5. The summed E-state index contributed by atoms with van der Waals surface area (Å²) in [6, 6.07) is 12.4. The number of carbonyl (C=O) groups excluding carboxylic acids is 2. The molecule has 1 atom stereocenters. The van der Waals surface area contributed by atoms with E-state index in [1.807, 2.05) is 0 Å². The van der Waals surface area contributed by atoms with E-state index in [0.29, 0.717) is 41.7 Å². The first-order valence-corrected chi connectivity index (χ1v) is 8.29. The monoisotopic (exact) mass is 358 g/mol. The molecule has 7 heteroatoms. The third-order valence-electron chi connectivity index (χ3n) is 4.20. The van der Waals surface area contributed by atoms with Crippen molar-refractivity contribution in [2.24, 2.45) is 0 Å². The van der Waals surface area contributed by atoms with E-state index in [4.69, 9.17) is 21.1 Å². The Bertz CT molecular complexity index is 855. The van der Waals surface area contributed by atoms with Gasteiger partial charge in [-0.15, -0.1) is 0 Å². The SMILES string of the molecule is O=C(Nc1ccccc1N1CCOC1=O)[C@H]1Cc2cc(Cl)ccc2O1. The molecular weight excluding hydrogens is 344 g/mol. The smallest absolute Gasteiger partial charge is 0.414 e. The van der Waals surface area contributed by atoms with Crippen LogP contribution in [-0.4, -0.2) is 31.3 Å². The van der Waals surface area contributed by atoms with Crippen LogP contribution in [0.3, 0.4) is 0 Å². The molecule has 1 fully saturated rings. The third kappa shape index (κ3) is 3.00. The second-order valence-corrected chi connectivity index (χ2v) is 6.27. The first-order chi connectivity index (χ1) is 12.1. The molecule has 0 aromatic heterocycles. The number of cyclic esters (lactones) is 1. The lowest BCUT2D eigenvalue weighted by Gasteiger charge is -2.19. The van der Waals surface area contributed by atoms with Crippen LogP contribution in [0, 0.1) is 0 Å². The fourth-order valence-electron chi connectivity index (χ4n) is 3.00. The standard InChI is InChI=1S/C18H15ClN2O4/c19-12-5-6-15-11(9-12)10-16(25-15)17(22)20-13-3-1-2-4-14(13)21-7-8-24-18(21)23/h1-6,9,16H,7-8,10H2,(H,20,22)/t16-/m1/s1. The van der Waals surface area contributed by atoms with Crippen molar-refractivity contribution in [3.63, 3.8) is 0 Å². The third-order valence-corrected chi connectivity index (χ3v) is 4.44. The van der Waals surface area contributed by atoms with Crippen LogP contribution < -0.4 is 15.0 Å². The van der Waals surface area contributed by atoms with Crippen molar-refractivity contribution >= 4 is 35.0 Å². The molecule has 128 valence electrons. The number of ether oxygens (including phenoxy) is 2. The van der Waals surface area contributed by atoms with Gasteiger partial charge in [-0.25, -0.2) is 4.79 Å². The van der Waals surface area contributed by atoms with Crippen LogP contribution in [0.1, 0.15) is 5.56 Å². The summed E-state index contributed by atoms with van der Waals surface area (Å²) in [5.41, 5.74) is 2.06. The Morgan fingerprint density at radius 2 is 2.08 bits per heavy atom.